The first-order valence-electron chi connectivity index (χ1n) is 6.78. The van der Waals surface area contributed by atoms with Gasteiger partial charge in [0.15, 0.2) is 0 Å². The Hall–Kier alpha value is -2.36. The molecule has 1 aliphatic heterocycles. The number of nitrogens with one attached hydrogen (secondary N) is 1. The van der Waals surface area contributed by atoms with Crippen LogP contribution in [0.3, 0.4) is 0 Å². The maximum absolute atomic E-state index is 12.2. The second kappa shape index (κ2) is 5.33. The second-order valence-electron chi connectivity index (χ2n) is 5.09. The van der Waals surface area contributed by atoms with Gasteiger partial charge in [0.2, 0.25) is 0 Å². The van der Waals surface area contributed by atoms with Crippen LogP contribution in [0.1, 0.15) is 16.7 Å². The van der Waals surface area contributed by atoms with Gasteiger partial charge in [0.05, 0.1) is 0 Å². The number of fused-ring (bicyclic) bond motifs is 1. The van der Waals surface area contributed by atoms with Crippen molar-refractivity contribution in [2.45, 2.75) is 19.9 Å². The number of carbonyl (C=O) groups is 1. The van der Waals surface area contributed by atoms with Crippen LogP contribution in [0.15, 0.2) is 42.6 Å². The van der Waals surface area contributed by atoms with Crippen molar-refractivity contribution in [3.05, 3.63) is 59.3 Å². The molecule has 0 aliphatic carbocycles. The SMILES string of the molecule is Cc1ccc(NC(=O)N2CCc3ccccc3C2)nc1. The Bertz CT molecular complexity index is 622. The Labute approximate surface area is 118 Å². The maximum atomic E-state index is 12.2. The predicted octanol–water partition coefficient (Wildman–Crippen LogP) is 2.98. The summed E-state index contributed by atoms with van der Waals surface area (Å²) in [5.74, 6) is 0.597. The minimum atomic E-state index is -0.0872. The van der Waals surface area contributed by atoms with E-state index in [4.69, 9.17) is 0 Å². The molecule has 0 bridgehead atoms. The van der Waals surface area contributed by atoms with E-state index >= 15 is 0 Å². The van der Waals surface area contributed by atoms with Crippen LogP contribution in [-0.2, 0) is 13.0 Å². The number of rotatable bonds is 1. The van der Waals surface area contributed by atoms with E-state index in [1.807, 2.05) is 36.1 Å². The van der Waals surface area contributed by atoms with E-state index in [0.717, 1.165) is 18.5 Å². The van der Waals surface area contributed by atoms with Crippen LogP contribution in [0.25, 0.3) is 0 Å². The zero-order chi connectivity index (χ0) is 13.9. The molecule has 0 saturated heterocycles. The van der Waals surface area contributed by atoms with E-state index in [1.54, 1.807) is 6.20 Å². The largest absolute Gasteiger partial charge is 0.323 e. The molecule has 20 heavy (non-hydrogen) atoms. The van der Waals surface area contributed by atoms with Gasteiger partial charge in [-0.3, -0.25) is 5.32 Å². The summed E-state index contributed by atoms with van der Waals surface area (Å²) in [6, 6.07) is 12.0. The van der Waals surface area contributed by atoms with Gasteiger partial charge >= 0.3 is 6.03 Å². The summed E-state index contributed by atoms with van der Waals surface area (Å²) in [5, 5.41) is 2.85. The van der Waals surface area contributed by atoms with Crippen LogP contribution >= 0.6 is 0 Å². The molecular formula is C16H17N3O. The summed E-state index contributed by atoms with van der Waals surface area (Å²) in [6.07, 6.45) is 2.66. The summed E-state index contributed by atoms with van der Waals surface area (Å²) >= 11 is 0. The molecule has 1 aromatic heterocycles. The molecule has 0 unspecified atom stereocenters. The molecule has 0 fully saturated rings. The number of urea groups is 1. The molecular weight excluding hydrogens is 250 g/mol. The van der Waals surface area contributed by atoms with E-state index < -0.39 is 0 Å². The lowest BCUT2D eigenvalue weighted by atomic mass is 10.0. The summed E-state index contributed by atoms with van der Waals surface area (Å²) in [6.45, 7) is 3.38. The van der Waals surface area contributed by atoms with Gasteiger partial charge in [-0.25, -0.2) is 9.78 Å². The fraction of sp³-hybridized carbons (Fsp3) is 0.250. The number of benzene rings is 1. The van der Waals surface area contributed by atoms with Gasteiger partial charge in [0.25, 0.3) is 0 Å². The number of nitrogens with zero attached hydrogens (tertiary/aromatic N) is 2. The second-order valence-corrected chi connectivity index (χ2v) is 5.09. The molecule has 0 atom stereocenters. The molecule has 4 nitrogen and oxygen atoms in total. The van der Waals surface area contributed by atoms with Crippen LogP contribution in [0.5, 0.6) is 0 Å². The molecule has 1 aromatic carbocycles. The van der Waals surface area contributed by atoms with Crippen LogP contribution in [-0.4, -0.2) is 22.5 Å². The molecule has 4 heteroatoms. The first-order chi connectivity index (χ1) is 9.72. The molecule has 0 radical (unpaired) electrons. The van der Waals surface area contributed by atoms with Crippen LogP contribution in [0, 0.1) is 6.92 Å². The van der Waals surface area contributed by atoms with E-state index in [2.05, 4.69) is 22.4 Å². The number of anilines is 1. The molecule has 0 saturated carbocycles. The van der Waals surface area contributed by atoms with E-state index in [-0.39, 0.29) is 6.03 Å². The smallest absolute Gasteiger partial charge is 0.320 e. The third kappa shape index (κ3) is 2.64. The Morgan fingerprint density at radius 2 is 2.00 bits per heavy atom. The van der Waals surface area contributed by atoms with Crippen molar-refractivity contribution < 1.29 is 4.79 Å². The minimum Gasteiger partial charge on any atom is -0.320 e. The van der Waals surface area contributed by atoms with Gasteiger partial charge in [-0.05, 0) is 36.1 Å². The molecule has 3 rings (SSSR count). The number of pyridine rings is 1. The average molecular weight is 267 g/mol. The zero-order valence-corrected chi connectivity index (χ0v) is 11.5. The quantitative estimate of drug-likeness (QED) is 0.863. The standard InChI is InChI=1S/C16H17N3O/c1-12-6-7-15(17-10-12)18-16(20)19-9-8-13-4-2-3-5-14(13)11-19/h2-7,10H,8-9,11H2,1H3,(H,17,18,20). The Kier molecular flexibility index (Phi) is 3.37. The summed E-state index contributed by atoms with van der Waals surface area (Å²) in [7, 11) is 0. The van der Waals surface area contributed by atoms with Crippen LogP contribution in [0.2, 0.25) is 0 Å². The number of aromatic nitrogens is 1. The number of hydrogen-bond donors (Lipinski definition) is 1. The molecule has 1 N–H and O–H groups in total. The van der Waals surface area contributed by atoms with Gasteiger partial charge < -0.3 is 4.90 Å². The lowest BCUT2D eigenvalue weighted by Gasteiger charge is -2.28. The fourth-order valence-corrected chi connectivity index (χ4v) is 2.40. The normalized spacial score (nSPS) is 13.8. The lowest BCUT2D eigenvalue weighted by Crippen LogP contribution is -2.39. The average Bonchev–Trinajstić information content (AvgIpc) is 2.49. The third-order valence-corrected chi connectivity index (χ3v) is 3.56. The van der Waals surface area contributed by atoms with Crippen molar-refractivity contribution in [1.29, 1.82) is 0 Å². The highest BCUT2D eigenvalue weighted by Crippen LogP contribution is 2.19. The van der Waals surface area contributed by atoms with Gasteiger partial charge in [-0.2, -0.15) is 0 Å². The van der Waals surface area contributed by atoms with Crippen molar-refractivity contribution in [2.75, 3.05) is 11.9 Å². The van der Waals surface area contributed by atoms with Crippen molar-refractivity contribution in [2.24, 2.45) is 0 Å². The number of carbonyl (C=O) groups excluding carboxylic acids is 1. The van der Waals surface area contributed by atoms with E-state index in [1.165, 1.54) is 11.1 Å². The van der Waals surface area contributed by atoms with Gasteiger partial charge in [-0.1, -0.05) is 30.3 Å². The van der Waals surface area contributed by atoms with Crippen molar-refractivity contribution in [3.63, 3.8) is 0 Å². The zero-order valence-electron chi connectivity index (χ0n) is 11.5. The molecule has 102 valence electrons. The number of aryl methyl sites for hydroxylation is 1. The van der Waals surface area contributed by atoms with Gasteiger partial charge in [-0.15, -0.1) is 0 Å². The first kappa shape index (κ1) is 12.7. The third-order valence-electron chi connectivity index (χ3n) is 3.56. The van der Waals surface area contributed by atoms with Crippen molar-refractivity contribution in [3.8, 4) is 0 Å². The topological polar surface area (TPSA) is 45.2 Å². The highest BCUT2D eigenvalue weighted by atomic mass is 16.2. The van der Waals surface area contributed by atoms with Crippen LogP contribution < -0.4 is 5.32 Å². The molecule has 2 amide bonds. The van der Waals surface area contributed by atoms with E-state index in [9.17, 15) is 4.79 Å². The number of amides is 2. The Morgan fingerprint density at radius 1 is 1.20 bits per heavy atom. The number of hydrogen-bond acceptors (Lipinski definition) is 2. The lowest BCUT2D eigenvalue weighted by molar-refractivity contribution is 0.206. The molecule has 2 aromatic rings. The summed E-state index contributed by atoms with van der Waals surface area (Å²) in [5.41, 5.74) is 3.64. The van der Waals surface area contributed by atoms with Gasteiger partial charge in [0, 0.05) is 19.3 Å². The first-order valence-corrected chi connectivity index (χ1v) is 6.78. The van der Waals surface area contributed by atoms with Crippen molar-refractivity contribution in [1.82, 2.24) is 9.88 Å². The predicted molar refractivity (Wildman–Crippen MR) is 78.5 cm³/mol. The summed E-state index contributed by atoms with van der Waals surface area (Å²) < 4.78 is 0. The highest BCUT2D eigenvalue weighted by Gasteiger charge is 2.20. The summed E-state index contributed by atoms with van der Waals surface area (Å²) in [4.78, 5) is 18.3. The maximum Gasteiger partial charge on any atom is 0.323 e. The van der Waals surface area contributed by atoms with Gasteiger partial charge in [0.1, 0.15) is 5.82 Å². The Balaban J connectivity index is 1.68. The fourth-order valence-electron chi connectivity index (χ4n) is 2.40. The molecule has 2 heterocycles. The molecule has 0 spiro atoms. The molecule has 1 aliphatic rings. The highest BCUT2D eigenvalue weighted by molar-refractivity contribution is 5.88. The van der Waals surface area contributed by atoms with Crippen LogP contribution in [0.4, 0.5) is 10.6 Å². The van der Waals surface area contributed by atoms with E-state index in [0.29, 0.717) is 12.4 Å². The minimum absolute atomic E-state index is 0.0872. The Morgan fingerprint density at radius 3 is 2.75 bits per heavy atom. The monoisotopic (exact) mass is 267 g/mol. The van der Waals surface area contributed by atoms with Crippen molar-refractivity contribution >= 4 is 11.8 Å².